The molecule has 0 aromatic rings. The molecule has 4 aliphatic rings. The summed E-state index contributed by atoms with van der Waals surface area (Å²) in [6.45, 7) is 6.67. The molecule has 7 unspecified atom stereocenters. The summed E-state index contributed by atoms with van der Waals surface area (Å²) < 4.78 is 0. The first-order chi connectivity index (χ1) is 11.8. The molecule has 0 aliphatic heterocycles. The molecule has 4 rings (SSSR count). The molecule has 142 valence electrons. The molecule has 4 aliphatic carbocycles. The highest BCUT2D eigenvalue weighted by molar-refractivity contribution is 5.89. The molecule has 0 heterocycles. The van der Waals surface area contributed by atoms with Crippen LogP contribution in [0.4, 0.5) is 0 Å². The van der Waals surface area contributed by atoms with Gasteiger partial charge in [-0.1, -0.05) is 19.0 Å². The minimum absolute atomic E-state index is 0.0638. The van der Waals surface area contributed by atoms with Crippen molar-refractivity contribution >= 4 is 5.71 Å². The third kappa shape index (κ3) is 2.43. The average Bonchev–Trinajstić information content (AvgIpc) is 2.91. The molecule has 4 saturated carbocycles. The van der Waals surface area contributed by atoms with Gasteiger partial charge in [-0.2, -0.15) is 0 Å². The van der Waals surface area contributed by atoms with Crippen molar-refractivity contribution in [3.63, 3.8) is 0 Å². The lowest BCUT2D eigenvalue weighted by Crippen LogP contribution is -2.58. The van der Waals surface area contributed by atoms with Crippen LogP contribution in [0, 0.1) is 40.4 Å². The minimum Gasteiger partial charge on any atom is -0.411 e. The van der Waals surface area contributed by atoms with E-state index in [4.69, 9.17) is 0 Å². The van der Waals surface area contributed by atoms with E-state index in [9.17, 15) is 15.4 Å². The predicted octanol–water partition coefficient (Wildman–Crippen LogP) is 3.83. The van der Waals surface area contributed by atoms with Crippen molar-refractivity contribution in [3.05, 3.63) is 0 Å². The second-order valence-electron chi connectivity index (χ2n) is 10.2. The molecule has 9 atom stereocenters. The van der Waals surface area contributed by atoms with Crippen molar-refractivity contribution < 1.29 is 15.4 Å². The maximum absolute atomic E-state index is 10.3. The van der Waals surface area contributed by atoms with E-state index in [-0.39, 0.29) is 23.0 Å². The maximum atomic E-state index is 10.3. The van der Waals surface area contributed by atoms with Gasteiger partial charge in [0.1, 0.15) is 0 Å². The van der Waals surface area contributed by atoms with Gasteiger partial charge < -0.3 is 15.4 Å². The Labute approximate surface area is 151 Å². The zero-order valence-electron chi connectivity index (χ0n) is 16.0. The van der Waals surface area contributed by atoms with Crippen molar-refractivity contribution in [1.82, 2.24) is 0 Å². The van der Waals surface area contributed by atoms with E-state index in [0.29, 0.717) is 29.6 Å². The molecule has 0 amide bonds. The molecular formula is C21H35NO3. The Balaban J connectivity index is 1.71. The summed E-state index contributed by atoms with van der Waals surface area (Å²) in [4.78, 5) is 0. The molecule has 4 fully saturated rings. The first-order valence-electron chi connectivity index (χ1n) is 10.4. The van der Waals surface area contributed by atoms with Gasteiger partial charge in [0.15, 0.2) is 0 Å². The van der Waals surface area contributed by atoms with Gasteiger partial charge in [-0.25, -0.2) is 0 Å². The summed E-state index contributed by atoms with van der Waals surface area (Å²) in [7, 11) is 0. The largest absolute Gasteiger partial charge is 0.411 e. The van der Waals surface area contributed by atoms with Crippen LogP contribution >= 0.6 is 0 Å². The van der Waals surface area contributed by atoms with Crippen molar-refractivity contribution in [2.75, 3.05) is 0 Å². The number of nitrogens with zero attached hydrogens (tertiary/aromatic N) is 1. The van der Waals surface area contributed by atoms with E-state index >= 15 is 0 Å². The van der Waals surface area contributed by atoms with E-state index in [0.717, 1.165) is 37.8 Å². The molecule has 3 N–H and O–H groups in total. The van der Waals surface area contributed by atoms with Crippen LogP contribution in [0.3, 0.4) is 0 Å². The summed E-state index contributed by atoms with van der Waals surface area (Å²) in [5, 5.41) is 34.3. The minimum atomic E-state index is -0.289. The van der Waals surface area contributed by atoms with Gasteiger partial charge in [0.2, 0.25) is 0 Å². The predicted molar refractivity (Wildman–Crippen MR) is 97.5 cm³/mol. The van der Waals surface area contributed by atoms with Crippen LogP contribution in [-0.2, 0) is 0 Å². The van der Waals surface area contributed by atoms with Crippen LogP contribution in [0.2, 0.25) is 0 Å². The van der Waals surface area contributed by atoms with Crippen LogP contribution < -0.4 is 0 Å². The standard InChI is InChI=1S/C21H35NO3/c1-12(23)16-6-7-17-15-5-4-13-10-14(24)8-9-20(13,2)19(15)18(22-25)11-21(16,17)3/h12-17,19,23-25H,4-11H2,1-3H3/t12?,13?,14?,15?,16?,17?,19?,20-,21+/m0/s1. The van der Waals surface area contributed by atoms with Crippen LogP contribution in [0.15, 0.2) is 5.16 Å². The molecule has 0 aromatic carbocycles. The third-order valence-corrected chi connectivity index (χ3v) is 9.12. The number of aliphatic hydroxyl groups is 2. The Kier molecular flexibility index (Phi) is 4.23. The molecular weight excluding hydrogens is 314 g/mol. The fraction of sp³-hybridized carbons (Fsp3) is 0.952. The van der Waals surface area contributed by atoms with Gasteiger partial charge in [0.25, 0.3) is 0 Å². The summed E-state index contributed by atoms with van der Waals surface area (Å²) in [5.41, 5.74) is 1.21. The van der Waals surface area contributed by atoms with Crippen LogP contribution in [0.25, 0.3) is 0 Å². The maximum Gasteiger partial charge on any atom is 0.0615 e. The normalized spacial score (nSPS) is 55.3. The zero-order chi connectivity index (χ0) is 18.0. The highest BCUT2D eigenvalue weighted by Gasteiger charge is 2.63. The second kappa shape index (κ2) is 5.95. The Morgan fingerprint density at radius 2 is 1.84 bits per heavy atom. The zero-order valence-corrected chi connectivity index (χ0v) is 16.0. The Bertz CT molecular complexity index is 561. The number of fused-ring (bicyclic) bond motifs is 5. The van der Waals surface area contributed by atoms with Gasteiger partial charge in [-0.05, 0) is 92.8 Å². The van der Waals surface area contributed by atoms with Gasteiger partial charge >= 0.3 is 0 Å². The molecule has 0 aromatic heterocycles. The Hall–Kier alpha value is -0.610. The number of oxime groups is 1. The average molecular weight is 350 g/mol. The van der Waals surface area contributed by atoms with Crippen molar-refractivity contribution in [2.45, 2.75) is 84.3 Å². The molecule has 0 spiro atoms. The van der Waals surface area contributed by atoms with Crippen LogP contribution in [-0.4, -0.2) is 33.3 Å². The van der Waals surface area contributed by atoms with E-state index < -0.39 is 0 Å². The van der Waals surface area contributed by atoms with Gasteiger partial charge in [-0.3, -0.25) is 0 Å². The Morgan fingerprint density at radius 3 is 2.52 bits per heavy atom. The van der Waals surface area contributed by atoms with Gasteiger partial charge in [0.05, 0.1) is 17.9 Å². The number of hydrogen-bond acceptors (Lipinski definition) is 4. The van der Waals surface area contributed by atoms with Crippen molar-refractivity contribution in [2.24, 2.45) is 45.6 Å². The summed E-state index contributed by atoms with van der Waals surface area (Å²) >= 11 is 0. The number of aliphatic hydroxyl groups excluding tert-OH is 2. The summed E-state index contributed by atoms with van der Waals surface area (Å²) in [5.74, 6) is 2.42. The lowest BCUT2D eigenvalue weighted by molar-refractivity contribution is -0.0897. The first kappa shape index (κ1) is 17.8. The quantitative estimate of drug-likeness (QED) is 0.497. The lowest BCUT2D eigenvalue weighted by Gasteiger charge is -2.60. The molecule has 0 bridgehead atoms. The summed E-state index contributed by atoms with van der Waals surface area (Å²) in [6, 6.07) is 0. The number of rotatable bonds is 1. The van der Waals surface area contributed by atoms with Crippen molar-refractivity contribution in [1.29, 1.82) is 0 Å². The first-order valence-corrected chi connectivity index (χ1v) is 10.4. The summed E-state index contributed by atoms with van der Waals surface area (Å²) in [6.07, 6.45) is 7.91. The van der Waals surface area contributed by atoms with Gasteiger partial charge in [-0.15, -0.1) is 0 Å². The third-order valence-electron chi connectivity index (χ3n) is 9.12. The van der Waals surface area contributed by atoms with Gasteiger partial charge in [0, 0.05) is 5.92 Å². The fourth-order valence-electron chi connectivity index (χ4n) is 8.01. The topological polar surface area (TPSA) is 73.0 Å². The van der Waals surface area contributed by atoms with Crippen molar-refractivity contribution in [3.8, 4) is 0 Å². The molecule has 4 heteroatoms. The SMILES string of the molecule is CC(O)C1CCC2C3CCC4CC(O)CC[C@]4(C)C3C(=NO)C[C@]12C. The number of hydrogen-bond donors (Lipinski definition) is 3. The highest BCUT2D eigenvalue weighted by Crippen LogP contribution is 2.66. The lowest BCUT2D eigenvalue weighted by atomic mass is 9.44. The second-order valence-corrected chi connectivity index (χ2v) is 10.2. The van der Waals surface area contributed by atoms with E-state index in [1.54, 1.807) is 0 Å². The van der Waals surface area contributed by atoms with E-state index in [2.05, 4.69) is 19.0 Å². The van der Waals surface area contributed by atoms with E-state index in [1.807, 2.05) is 6.92 Å². The van der Waals surface area contributed by atoms with E-state index in [1.165, 1.54) is 19.3 Å². The monoisotopic (exact) mass is 349 g/mol. The molecule has 25 heavy (non-hydrogen) atoms. The van der Waals surface area contributed by atoms with Crippen LogP contribution in [0.1, 0.15) is 72.1 Å². The molecule has 0 radical (unpaired) electrons. The molecule has 0 saturated heterocycles. The fourth-order valence-corrected chi connectivity index (χ4v) is 8.01. The van der Waals surface area contributed by atoms with Crippen LogP contribution in [0.5, 0.6) is 0 Å². The Morgan fingerprint density at radius 1 is 1.08 bits per heavy atom. The smallest absolute Gasteiger partial charge is 0.0615 e. The molecule has 4 nitrogen and oxygen atoms in total. The highest BCUT2D eigenvalue weighted by atomic mass is 16.4.